The molecule has 3 heterocycles. The average Bonchev–Trinajstić information content (AvgIpc) is 3.36. The van der Waals surface area contributed by atoms with Gasteiger partial charge in [-0.2, -0.15) is 0 Å². The number of nitrogens with one attached hydrogen (secondary N) is 1. The SMILES string of the molecule is CCCCc1ccc(N2CC(C(=O)Nc3nc(C)c(CN4CCC(C)CC4)s3)CC2=O)cc1. The van der Waals surface area contributed by atoms with Crippen LogP contribution in [-0.4, -0.2) is 41.3 Å². The number of hydrogen-bond acceptors (Lipinski definition) is 5. The minimum absolute atomic E-state index is 0.00629. The van der Waals surface area contributed by atoms with Gasteiger partial charge in [0.15, 0.2) is 5.13 Å². The molecule has 178 valence electrons. The Kier molecular flexibility index (Phi) is 7.81. The van der Waals surface area contributed by atoms with Gasteiger partial charge in [0.1, 0.15) is 0 Å². The van der Waals surface area contributed by atoms with E-state index in [0.717, 1.165) is 43.4 Å². The van der Waals surface area contributed by atoms with Crippen molar-refractivity contribution in [3.63, 3.8) is 0 Å². The Hall–Kier alpha value is -2.25. The number of aryl methyl sites for hydroxylation is 2. The molecule has 1 unspecified atom stereocenters. The molecule has 1 aromatic carbocycles. The number of rotatable bonds is 8. The van der Waals surface area contributed by atoms with E-state index in [4.69, 9.17) is 0 Å². The molecule has 2 aromatic rings. The fourth-order valence-electron chi connectivity index (χ4n) is 4.62. The van der Waals surface area contributed by atoms with Crippen LogP contribution < -0.4 is 10.2 Å². The van der Waals surface area contributed by atoms with Crippen LogP contribution in [0, 0.1) is 18.8 Å². The maximum atomic E-state index is 12.9. The first-order valence-corrected chi connectivity index (χ1v) is 13.1. The monoisotopic (exact) mass is 468 g/mol. The molecule has 33 heavy (non-hydrogen) atoms. The number of carbonyl (C=O) groups excluding carboxylic acids is 2. The molecule has 2 aliphatic rings. The smallest absolute Gasteiger partial charge is 0.231 e. The van der Waals surface area contributed by atoms with E-state index in [1.54, 1.807) is 16.2 Å². The zero-order valence-corrected chi connectivity index (χ0v) is 20.9. The van der Waals surface area contributed by atoms with E-state index in [0.29, 0.717) is 11.7 Å². The highest BCUT2D eigenvalue weighted by Gasteiger charge is 2.35. The maximum Gasteiger partial charge on any atom is 0.231 e. The van der Waals surface area contributed by atoms with E-state index in [1.165, 1.54) is 36.1 Å². The lowest BCUT2D eigenvalue weighted by Crippen LogP contribution is -2.32. The zero-order chi connectivity index (χ0) is 23.4. The summed E-state index contributed by atoms with van der Waals surface area (Å²) in [5.74, 6) is 0.351. The first-order chi connectivity index (χ1) is 15.9. The molecule has 1 atom stereocenters. The molecule has 0 aliphatic carbocycles. The number of benzene rings is 1. The molecule has 1 N–H and O–H groups in total. The number of hydrogen-bond donors (Lipinski definition) is 1. The van der Waals surface area contributed by atoms with Gasteiger partial charge in [-0.05, 0) is 69.3 Å². The first kappa shape index (κ1) is 23.9. The molecule has 0 saturated carbocycles. The molecular formula is C26H36N4O2S. The Balaban J connectivity index is 1.33. The van der Waals surface area contributed by atoms with Crippen molar-refractivity contribution in [3.8, 4) is 0 Å². The van der Waals surface area contributed by atoms with Crippen molar-refractivity contribution in [2.24, 2.45) is 11.8 Å². The first-order valence-electron chi connectivity index (χ1n) is 12.3. The summed E-state index contributed by atoms with van der Waals surface area (Å²) < 4.78 is 0. The van der Waals surface area contributed by atoms with Crippen molar-refractivity contribution in [1.29, 1.82) is 0 Å². The Morgan fingerprint density at radius 2 is 1.94 bits per heavy atom. The van der Waals surface area contributed by atoms with Gasteiger partial charge in [-0.25, -0.2) is 4.98 Å². The van der Waals surface area contributed by atoms with Gasteiger partial charge in [-0.3, -0.25) is 14.5 Å². The van der Waals surface area contributed by atoms with Crippen LogP contribution in [0.3, 0.4) is 0 Å². The standard InChI is InChI=1S/C26H36N4O2S/c1-4-5-6-20-7-9-22(10-8-20)30-16-21(15-24(30)31)25(32)28-26-27-19(3)23(33-26)17-29-13-11-18(2)12-14-29/h7-10,18,21H,4-6,11-17H2,1-3H3,(H,27,28,32). The fourth-order valence-corrected chi connectivity index (χ4v) is 5.62. The largest absolute Gasteiger partial charge is 0.312 e. The van der Waals surface area contributed by atoms with Gasteiger partial charge >= 0.3 is 0 Å². The number of aromatic nitrogens is 1. The summed E-state index contributed by atoms with van der Waals surface area (Å²) in [5.41, 5.74) is 3.15. The molecule has 2 fully saturated rings. The van der Waals surface area contributed by atoms with Gasteiger partial charge in [0.05, 0.1) is 11.6 Å². The van der Waals surface area contributed by atoms with Crippen LogP contribution in [0.25, 0.3) is 0 Å². The van der Waals surface area contributed by atoms with Crippen LogP contribution in [-0.2, 0) is 22.6 Å². The minimum atomic E-state index is -0.353. The lowest BCUT2D eigenvalue weighted by molar-refractivity contribution is -0.122. The van der Waals surface area contributed by atoms with Crippen LogP contribution in [0.5, 0.6) is 0 Å². The summed E-state index contributed by atoms with van der Waals surface area (Å²) in [6.45, 7) is 10.1. The minimum Gasteiger partial charge on any atom is -0.312 e. The van der Waals surface area contributed by atoms with Crippen LogP contribution in [0.1, 0.15) is 62.1 Å². The van der Waals surface area contributed by atoms with Crippen molar-refractivity contribution in [2.75, 3.05) is 29.9 Å². The summed E-state index contributed by atoms with van der Waals surface area (Å²) in [6, 6.07) is 8.19. The molecule has 0 bridgehead atoms. The number of nitrogens with zero attached hydrogens (tertiary/aromatic N) is 3. The number of thiazole rings is 1. The predicted molar refractivity (Wildman–Crippen MR) is 135 cm³/mol. The summed E-state index contributed by atoms with van der Waals surface area (Å²) in [7, 11) is 0. The van der Waals surface area contributed by atoms with Gasteiger partial charge in [-0.1, -0.05) is 32.4 Å². The summed E-state index contributed by atoms with van der Waals surface area (Å²) in [4.78, 5) is 35.6. The van der Waals surface area contributed by atoms with Gasteiger partial charge in [-0.15, -0.1) is 11.3 Å². The van der Waals surface area contributed by atoms with Gasteiger partial charge in [0.2, 0.25) is 11.8 Å². The summed E-state index contributed by atoms with van der Waals surface area (Å²) in [5, 5.41) is 3.63. The second-order valence-electron chi connectivity index (χ2n) is 9.65. The van der Waals surface area contributed by atoms with Crippen molar-refractivity contribution in [3.05, 3.63) is 40.4 Å². The van der Waals surface area contributed by atoms with Crippen molar-refractivity contribution < 1.29 is 9.59 Å². The van der Waals surface area contributed by atoms with E-state index in [-0.39, 0.29) is 24.2 Å². The third kappa shape index (κ3) is 6.01. The molecule has 0 spiro atoms. The van der Waals surface area contributed by atoms with Crippen LogP contribution in [0.4, 0.5) is 10.8 Å². The van der Waals surface area contributed by atoms with Crippen molar-refractivity contribution in [2.45, 2.75) is 65.8 Å². The number of likely N-dealkylation sites (tertiary alicyclic amines) is 1. The third-order valence-corrected chi connectivity index (χ3v) is 7.99. The summed E-state index contributed by atoms with van der Waals surface area (Å²) >= 11 is 1.56. The number of amides is 2. The van der Waals surface area contributed by atoms with E-state index >= 15 is 0 Å². The van der Waals surface area contributed by atoms with Gasteiger partial charge in [0.25, 0.3) is 0 Å². The summed E-state index contributed by atoms with van der Waals surface area (Å²) in [6.07, 6.45) is 6.12. The highest BCUT2D eigenvalue weighted by Crippen LogP contribution is 2.29. The highest BCUT2D eigenvalue weighted by atomic mass is 32.1. The second kappa shape index (κ2) is 10.8. The molecule has 0 radical (unpaired) electrons. The van der Waals surface area contributed by atoms with Crippen molar-refractivity contribution >= 4 is 34.0 Å². The van der Waals surface area contributed by atoms with E-state index in [2.05, 4.69) is 41.2 Å². The van der Waals surface area contributed by atoms with E-state index in [9.17, 15) is 9.59 Å². The van der Waals surface area contributed by atoms with Gasteiger partial charge in [0, 0.05) is 30.1 Å². The molecule has 4 rings (SSSR count). The Morgan fingerprint density at radius 1 is 1.21 bits per heavy atom. The molecule has 6 nitrogen and oxygen atoms in total. The molecule has 2 aliphatic heterocycles. The predicted octanol–water partition coefficient (Wildman–Crippen LogP) is 5.02. The number of piperidine rings is 1. The third-order valence-electron chi connectivity index (χ3n) is 6.93. The van der Waals surface area contributed by atoms with Crippen molar-refractivity contribution in [1.82, 2.24) is 9.88 Å². The lowest BCUT2D eigenvalue weighted by Gasteiger charge is -2.29. The Morgan fingerprint density at radius 3 is 2.64 bits per heavy atom. The quantitative estimate of drug-likeness (QED) is 0.591. The molecule has 2 saturated heterocycles. The molecule has 7 heteroatoms. The Labute approximate surface area is 201 Å². The number of carbonyl (C=O) groups is 2. The normalized spacial score (nSPS) is 19.9. The fraction of sp³-hybridized carbons (Fsp3) is 0.577. The second-order valence-corrected chi connectivity index (χ2v) is 10.7. The molecular weight excluding hydrogens is 432 g/mol. The van der Waals surface area contributed by atoms with E-state index in [1.807, 2.05) is 19.1 Å². The molecule has 1 aromatic heterocycles. The zero-order valence-electron chi connectivity index (χ0n) is 20.1. The van der Waals surface area contributed by atoms with Crippen LogP contribution in [0.2, 0.25) is 0 Å². The lowest BCUT2D eigenvalue weighted by atomic mass is 9.99. The number of anilines is 2. The average molecular weight is 469 g/mol. The topological polar surface area (TPSA) is 65.5 Å². The maximum absolute atomic E-state index is 12.9. The van der Waals surface area contributed by atoms with Gasteiger partial charge < -0.3 is 10.2 Å². The van der Waals surface area contributed by atoms with E-state index < -0.39 is 0 Å². The highest BCUT2D eigenvalue weighted by molar-refractivity contribution is 7.15. The van der Waals surface area contributed by atoms with Crippen LogP contribution in [0.15, 0.2) is 24.3 Å². The van der Waals surface area contributed by atoms with Crippen LogP contribution >= 0.6 is 11.3 Å². The molecule has 2 amide bonds. The Bertz CT molecular complexity index is 963. The number of unbranched alkanes of at least 4 members (excludes halogenated alkanes) is 1.